The molecule has 2 N–H and O–H groups in total. The average Bonchev–Trinajstić information content (AvgIpc) is 2.86. The fraction of sp³-hybridized carbons (Fsp3) is 0.429. The molecule has 0 saturated heterocycles. The standard InChI is InChI=1S/C11H16O3.C7H6N2O4.C2H5NO3.CH5N/c1-5-8-6-9(12-2)11(14-4)10(7-8)13-3;1-8-3-6(9(12)13)2-5(4-10)7(8)11;1-2-6-3(4)5;1-2/h6-7H,5H2,1-4H3;2-4H,1H3;2H2,1H3;2H2,1H3. The summed E-state index contributed by atoms with van der Waals surface area (Å²) in [6.07, 6.45) is 2.31. The van der Waals surface area contributed by atoms with Crippen molar-refractivity contribution in [1.29, 1.82) is 0 Å². The lowest BCUT2D eigenvalue weighted by molar-refractivity contribution is -0.756. The topological polar surface area (TPSA) is 188 Å². The van der Waals surface area contributed by atoms with Crippen molar-refractivity contribution in [3.63, 3.8) is 0 Å². The molecule has 0 amide bonds. The van der Waals surface area contributed by atoms with Crippen molar-refractivity contribution in [2.24, 2.45) is 12.8 Å². The Morgan fingerprint density at radius 1 is 1.00 bits per heavy atom. The van der Waals surface area contributed by atoms with Crippen LogP contribution in [-0.4, -0.2) is 55.8 Å². The molecule has 1 heterocycles. The molecule has 0 fully saturated rings. The first kappa shape index (κ1) is 33.0. The number of nitrogens with zero attached hydrogens (tertiary/aromatic N) is 3. The number of aldehydes is 1. The van der Waals surface area contributed by atoms with E-state index in [9.17, 15) is 29.8 Å². The molecule has 14 nitrogen and oxygen atoms in total. The summed E-state index contributed by atoms with van der Waals surface area (Å²) >= 11 is 0. The van der Waals surface area contributed by atoms with Crippen molar-refractivity contribution in [2.75, 3.05) is 35.0 Å². The van der Waals surface area contributed by atoms with Crippen LogP contribution in [0.3, 0.4) is 0 Å². The molecule has 1 aromatic heterocycles. The van der Waals surface area contributed by atoms with Crippen molar-refractivity contribution >= 4 is 12.0 Å². The maximum absolute atomic E-state index is 11.1. The summed E-state index contributed by atoms with van der Waals surface area (Å²) in [5, 5.41) is 18.7. The molecule has 0 spiro atoms. The fourth-order valence-corrected chi connectivity index (χ4v) is 2.35. The third-order valence-corrected chi connectivity index (χ3v) is 3.90. The van der Waals surface area contributed by atoms with Gasteiger partial charge in [-0.05, 0) is 38.1 Å². The molecule has 35 heavy (non-hydrogen) atoms. The molecule has 2 aromatic rings. The highest BCUT2D eigenvalue weighted by molar-refractivity contribution is 5.75. The zero-order valence-electron chi connectivity index (χ0n) is 20.8. The summed E-state index contributed by atoms with van der Waals surface area (Å²) in [6, 6.07) is 4.87. The summed E-state index contributed by atoms with van der Waals surface area (Å²) in [6.45, 7) is 3.77. The van der Waals surface area contributed by atoms with Gasteiger partial charge in [-0.15, -0.1) is 10.1 Å². The smallest absolute Gasteiger partial charge is 0.294 e. The number of methoxy groups -OCH3 is 3. The highest BCUT2D eigenvalue weighted by atomic mass is 16.9. The molecule has 1 aromatic carbocycles. The number of pyridine rings is 1. The number of benzene rings is 1. The highest BCUT2D eigenvalue weighted by Gasteiger charge is 2.12. The van der Waals surface area contributed by atoms with Gasteiger partial charge in [0.2, 0.25) is 5.75 Å². The number of aromatic nitrogens is 1. The van der Waals surface area contributed by atoms with Gasteiger partial charge in [0, 0.05) is 13.1 Å². The van der Waals surface area contributed by atoms with E-state index >= 15 is 0 Å². The van der Waals surface area contributed by atoms with Gasteiger partial charge >= 0.3 is 0 Å². The van der Waals surface area contributed by atoms with Crippen LogP contribution in [0.2, 0.25) is 0 Å². The zero-order valence-corrected chi connectivity index (χ0v) is 20.8. The normalized spacial score (nSPS) is 8.91. The van der Waals surface area contributed by atoms with E-state index < -0.39 is 15.6 Å². The third kappa shape index (κ3) is 11.5. The van der Waals surface area contributed by atoms with Gasteiger partial charge in [-0.2, -0.15) is 0 Å². The minimum atomic E-state index is -0.819. The van der Waals surface area contributed by atoms with E-state index in [-0.39, 0.29) is 17.9 Å². The number of carbonyl (C=O) groups excluding carboxylic acids is 1. The molecule has 0 bridgehead atoms. The lowest BCUT2D eigenvalue weighted by Crippen LogP contribution is -2.20. The Labute approximate surface area is 202 Å². The van der Waals surface area contributed by atoms with E-state index in [0.717, 1.165) is 23.3 Å². The first-order valence-electron chi connectivity index (χ1n) is 10.0. The molecule has 0 saturated carbocycles. The van der Waals surface area contributed by atoms with Crippen LogP contribution in [0.25, 0.3) is 0 Å². The molecule has 14 heteroatoms. The predicted octanol–water partition coefficient (Wildman–Crippen LogP) is 2.17. The molecule has 0 unspecified atom stereocenters. The average molecular weight is 501 g/mol. The Bertz CT molecular complexity index is 983. The first-order valence-corrected chi connectivity index (χ1v) is 10.0. The number of nitro groups is 1. The Morgan fingerprint density at radius 3 is 1.80 bits per heavy atom. The fourth-order valence-electron chi connectivity index (χ4n) is 2.35. The Morgan fingerprint density at radius 2 is 1.51 bits per heavy atom. The van der Waals surface area contributed by atoms with Crippen LogP contribution in [0.15, 0.2) is 29.2 Å². The maximum Gasteiger partial charge on any atom is 0.294 e. The largest absolute Gasteiger partial charge is 0.493 e. The Balaban J connectivity index is 0. The van der Waals surface area contributed by atoms with Gasteiger partial charge in [0.05, 0.1) is 44.6 Å². The van der Waals surface area contributed by atoms with Crippen molar-refractivity contribution in [2.45, 2.75) is 20.3 Å². The summed E-state index contributed by atoms with van der Waals surface area (Å²) in [4.78, 5) is 44.0. The van der Waals surface area contributed by atoms with E-state index in [2.05, 4.69) is 17.5 Å². The molecule has 0 atom stereocenters. The van der Waals surface area contributed by atoms with Crippen LogP contribution < -0.4 is 25.5 Å². The molecule has 196 valence electrons. The van der Waals surface area contributed by atoms with Crippen LogP contribution in [-0.2, 0) is 18.3 Å². The quantitative estimate of drug-likeness (QED) is 0.318. The van der Waals surface area contributed by atoms with Crippen LogP contribution in [0.1, 0.15) is 29.8 Å². The number of aryl methyl sites for hydroxylation is 2. The van der Waals surface area contributed by atoms with E-state index in [0.29, 0.717) is 23.5 Å². The number of ether oxygens (including phenoxy) is 3. The summed E-state index contributed by atoms with van der Waals surface area (Å²) in [5.74, 6) is 2.07. The molecule has 0 aliphatic rings. The van der Waals surface area contributed by atoms with Crippen LogP contribution in [0.4, 0.5) is 5.69 Å². The first-order chi connectivity index (χ1) is 16.6. The van der Waals surface area contributed by atoms with Gasteiger partial charge in [-0.1, -0.05) is 6.92 Å². The zero-order chi connectivity index (χ0) is 27.6. The molecule has 2 rings (SSSR count). The summed E-state index contributed by atoms with van der Waals surface area (Å²) in [5.41, 5.74) is 4.64. The lowest BCUT2D eigenvalue weighted by Gasteiger charge is -2.13. The van der Waals surface area contributed by atoms with Crippen molar-refractivity contribution in [3.8, 4) is 17.2 Å². The van der Waals surface area contributed by atoms with E-state index in [1.807, 2.05) is 12.1 Å². The number of hydrogen-bond donors (Lipinski definition) is 1. The van der Waals surface area contributed by atoms with E-state index in [1.165, 1.54) is 19.7 Å². The van der Waals surface area contributed by atoms with Gasteiger partial charge in [0.1, 0.15) is 0 Å². The van der Waals surface area contributed by atoms with E-state index in [4.69, 9.17) is 14.2 Å². The van der Waals surface area contributed by atoms with E-state index in [1.54, 1.807) is 28.3 Å². The van der Waals surface area contributed by atoms with Gasteiger partial charge in [-0.25, -0.2) is 0 Å². The molecule has 0 radical (unpaired) electrons. The number of carbonyl (C=O) groups is 1. The molecule has 0 aliphatic carbocycles. The second-order valence-corrected chi connectivity index (χ2v) is 5.97. The van der Waals surface area contributed by atoms with Crippen molar-refractivity contribution < 1.29 is 33.9 Å². The van der Waals surface area contributed by atoms with Crippen LogP contribution in [0, 0.1) is 20.2 Å². The third-order valence-electron chi connectivity index (χ3n) is 3.90. The van der Waals surface area contributed by atoms with Crippen molar-refractivity contribution in [1.82, 2.24) is 4.57 Å². The molecular weight excluding hydrogens is 468 g/mol. The van der Waals surface area contributed by atoms with Gasteiger partial charge < -0.3 is 29.3 Å². The van der Waals surface area contributed by atoms with Gasteiger partial charge in [0.25, 0.3) is 16.3 Å². The SMILES string of the molecule is CCO[N+](=O)[O-].CCc1cc(OC)c(OC)c(OC)c1.CN.Cn1cc([N+](=O)[O-])cc(C=O)c1=O. The van der Waals surface area contributed by atoms with Crippen LogP contribution >= 0.6 is 0 Å². The summed E-state index contributed by atoms with van der Waals surface area (Å²) < 4.78 is 16.6. The minimum absolute atomic E-state index is 0.132. The maximum atomic E-state index is 11.1. The van der Waals surface area contributed by atoms with Gasteiger partial charge in [0.15, 0.2) is 17.8 Å². The number of rotatable bonds is 8. The minimum Gasteiger partial charge on any atom is -0.493 e. The Kier molecular flexibility index (Phi) is 17.2. The Hall–Kier alpha value is -4.20. The highest BCUT2D eigenvalue weighted by Crippen LogP contribution is 2.38. The predicted molar refractivity (Wildman–Crippen MR) is 128 cm³/mol. The van der Waals surface area contributed by atoms with Gasteiger partial charge in [-0.3, -0.25) is 19.7 Å². The molecule has 0 aliphatic heterocycles. The monoisotopic (exact) mass is 500 g/mol. The lowest BCUT2D eigenvalue weighted by atomic mass is 10.1. The number of hydrogen-bond acceptors (Lipinski definition) is 11. The second-order valence-electron chi connectivity index (χ2n) is 5.97. The molecular formula is C21H32N4O10. The summed E-state index contributed by atoms with van der Waals surface area (Å²) in [7, 11) is 7.70. The van der Waals surface area contributed by atoms with Crippen molar-refractivity contribution in [3.05, 3.63) is 66.1 Å². The number of nitrogens with two attached hydrogens (primary N) is 1. The second kappa shape index (κ2) is 18.3. The van der Waals surface area contributed by atoms with Crippen LogP contribution in [0.5, 0.6) is 17.2 Å².